The number of thiazole rings is 1. The molecular formula is C20H21F2N5OS. The Morgan fingerprint density at radius 2 is 1.97 bits per heavy atom. The summed E-state index contributed by atoms with van der Waals surface area (Å²) < 4.78 is 28.5. The van der Waals surface area contributed by atoms with Crippen LogP contribution in [0, 0.1) is 28.9 Å². The molecule has 1 saturated heterocycles. The molecule has 1 aromatic heterocycles. The van der Waals surface area contributed by atoms with Gasteiger partial charge in [-0.1, -0.05) is 0 Å². The largest absolute Gasteiger partial charge is 0.367 e. The van der Waals surface area contributed by atoms with Gasteiger partial charge in [0.2, 0.25) is 5.91 Å². The van der Waals surface area contributed by atoms with Crippen LogP contribution in [0.15, 0.2) is 12.1 Å². The van der Waals surface area contributed by atoms with Crippen LogP contribution in [0.3, 0.4) is 0 Å². The third-order valence-corrected chi connectivity index (χ3v) is 6.48. The molecule has 9 heteroatoms. The van der Waals surface area contributed by atoms with Gasteiger partial charge >= 0.3 is 0 Å². The lowest BCUT2D eigenvalue weighted by molar-refractivity contribution is -0.120. The van der Waals surface area contributed by atoms with Crippen molar-refractivity contribution in [1.82, 2.24) is 9.88 Å². The van der Waals surface area contributed by atoms with E-state index < -0.39 is 11.6 Å². The highest BCUT2D eigenvalue weighted by Gasteiger charge is 2.29. The molecule has 1 N–H and O–H groups in total. The van der Waals surface area contributed by atoms with Gasteiger partial charge in [-0.15, -0.1) is 11.3 Å². The number of fused-ring (bicyclic) bond motifs is 1. The summed E-state index contributed by atoms with van der Waals surface area (Å²) in [4.78, 5) is 22.2. The first kappa shape index (κ1) is 19.7. The van der Waals surface area contributed by atoms with Gasteiger partial charge in [0.15, 0.2) is 16.8 Å². The topological polar surface area (TPSA) is 72.3 Å². The number of carbonyl (C=O) groups is 1. The number of piperidine rings is 1. The smallest absolute Gasteiger partial charge is 0.229 e. The number of benzene rings is 1. The Morgan fingerprint density at radius 1 is 1.28 bits per heavy atom. The van der Waals surface area contributed by atoms with Gasteiger partial charge in [-0.3, -0.25) is 4.79 Å². The van der Waals surface area contributed by atoms with Crippen LogP contribution in [0.4, 0.5) is 19.6 Å². The van der Waals surface area contributed by atoms with Crippen LogP contribution in [0.5, 0.6) is 0 Å². The monoisotopic (exact) mass is 417 g/mol. The molecular weight excluding hydrogens is 396 g/mol. The summed E-state index contributed by atoms with van der Waals surface area (Å²) in [7, 11) is 2.06. The summed E-state index contributed by atoms with van der Waals surface area (Å²) in [6, 6.07) is 3.83. The number of hydrogen-bond donors (Lipinski definition) is 1. The SMILES string of the molecule is CN1CCc2nc(NC(=O)C3CCN(c4c(F)cc(C#N)cc4F)CC3)sc2C1. The van der Waals surface area contributed by atoms with Gasteiger partial charge in [0.25, 0.3) is 0 Å². The number of carbonyl (C=O) groups excluding carboxylic acids is 1. The highest BCUT2D eigenvalue weighted by molar-refractivity contribution is 7.15. The van der Waals surface area contributed by atoms with Crippen molar-refractivity contribution in [2.24, 2.45) is 5.92 Å². The quantitative estimate of drug-likeness (QED) is 0.831. The summed E-state index contributed by atoms with van der Waals surface area (Å²) in [5.41, 5.74) is 0.889. The van der Waals surface area contributed by atoms with E-state index in [2.05, 4.69) is 22.2 Å². The Morgan fingerprint density at radius 3 is 2.62 bits per heavy atom. The summed E-state index contributed by atoms with van der Waals surface area (Å²) in [6.07, 6.45) is 1.88. The number of anilines is 2. The van der Waals surface area contributed by atoms with Gasteiger partial charge in [-0.2, -0.15) is 5.26 Å². The van der Waals surface area contributed by atoms with Crippen LogP contribution in [0.2, 0.25) is 0 Å². The van der Waals surface area contributed by atoms with Crippen LogP contribution in [0.25, 0.3) is 0 Å². The number of aromatic nitrogens is 1. The lowest BCUT2D eigenvalue weighted by atomic mass is 9.95. The molecule has 2 aromatic rings. The minimum Gasteiger partial charge on any atom is -0.367 e. The Labute approximate surface area is 171 Å². The molecule has 1 amide bonds. The Hall–Kier alpha value is -2.57. The molecule has 1 fully saturated rings. The molecule has 3 heterocycles. The number of nitrogens with zero attached hydrogens (tertiary/aromatic N) is 4. The minimum atomic E-state index is -0.747. The summed E-state index contributed by atoms with van der Waals surface area (Å²) in [5.74, 6) is -1.81. The zero-order valence-electron chi connectivity index (χ0n) is 16.0. The van der Waals surface area contributed by atoms with Crippen molar-refractivity contribution in [2.75, 3.05) is 36.9 Å². The Bertz CT molecular complexity index is 955. The van der Waals surface area contributed by atoms with E-state index >= 15 is 0 Å². The number of likely N-dealkylation sites (N-methyl/N-ethyl adjacent to an activating group) is 1. The van der Waals surface area contributed by atoms with Gasteiger partial charge in [0.05, 0.1) is 17.3 Å². The van der Waals surface area contributed by atoms with E-state index in [4.69, 9.17) is 5.26 Å². The van der Waals surface area contributed by atoms with Crippen molar-refractivity contribution in [3.8, 4) is 6.07 Å². The number of rotatable bonds is 3. The van der Waals surface area contributed by atoms with E-state index in [1.807, 2.05) is 0 Å². The maximum Gasteiger partial charge on any atom is 0.229 e. The van der Waals surface area contributed by atoms with Gasteiger partial charge in [-0.25, -0.2) is 13.8 Å². The maximum atomic E-state index is 14.2. The van der Waals surface area contributed by atoms with Crippen molar-refractivity contribution < 1.29 is 13.6 Å². The Balaban J connectivity index is 1.38. The standard InChI is InChI=1S/C20H21F2N5OS/c1-26-5-4-16-17(11-26)29-20(24-16)25-19(28)13-2-6-27(7-3-13)18-14(21)8-12(10-23)9-15(18)22/h8-9,13H,2-7,11H2,1H3,(H,24,25,28). The van der Waals surface area contributed by atoms with Gasteiger partial charge < -0.3 is 15.1 Å². The van der Waals surface area contributed by atoms with Crippen LogP contribution in [-0.4, -0.2) is 42.5 Å². The first-order valence-electron chi connectivity index (χ1n) is 9.56. The number of nitriles is 1. The molecule has 0 bridgehead atoms. The second-order valence-corrected chi connectivity index (χ2v) is 8.61. The van der Waals surface area contributed by atoms with E-state index in [-0.39, 0.29) is 23.1 Å². The number of halogens is 2. The van der Waals surface area contributed by atoms with Crippen molar-refractivity contribution in [2.45, 2.75) is 25.8 Å². The second kappa shape index (κ2) is 8.05. The molecule has 1 aromatic carbocycles. The van der Waals surface area contributed by atoms with Gasteiger partial charge in [0, 0.05) is 43.4 Å². The third-order valence-electron chi connectivity index (χ3n) is 5.48. The predicted octanol–water partition coefficient (Wildman–Crippen LogP) is 3.14. The van der Waals surface area contributed by atoms with Crippen LogP contribution in [0.1, 0.15) is 29.0 Å². The highest BCUT2D eigenvalue weighted by atomic mass is 32.1. The lowest BCUT2D eigenvalue weighted by Gasteiger charge is -2.33. The fraction of sp³-hybridized carbons (Fsp3) is 0.450. The molecule has 0 saturated carbocycles. The van der Waals surface area contributed by atoms with E-state index in [9.17, 15) is 13.6 Å². The first-order valence-corrected chi connectivity index (χ1v) is 10.4. The molecule has 0 aliphatic carbocycles. The van der Waals surface area contributed by atoms with E-state index in [1.54, 1.807) is 11.0 Å². The minimum absolute atomic E-state index is 0.0460. The normalized spacial score (nSPS) is 17.7. The van der Waals surface area contributed by atoms with Gasteiger partial charge in [-0.05, 0) is 32.0 Å². The second-order valence-electron chi connectivity index (χ2n) is 7.53. The molecule has 0 unspecified atom stereocenters. The maximum absolute atomic E-state index is 14.2. The van der Waals surface area contributed by atoms with E-state index in [1.165, 1.54) is 16.2 Å². The summed E-state index contributed by atoms with van der Waals surface area (Å²) in [5, 5.41) is 12.4. The fourth-order valence-electron chi connectivity index (χ4n) is 3.88. The molecule has 2 aliphatic rings. The highest BCUT2D eigenvalue weighted by Crippen LogP contribution is 2.31. The molecule has 4 rings (SSSR count). The van der Waals surface area contributed by atoms with E-state index in [0.29, 0.717) is 31.1 Å². The number of hydrogen-bond acceptors (Lipinski definition) is 6. The molecule has 0 atom stereocenters. The van der Waals surface area contributed by atoms with Crippen LogP contribution in [-0.2, 0) is 17.8 Å². The third kappa shape index (κ3) is 4.09. The average Bonchev–Trinajstić information content (AvgIpc) is 3.09. The zero-order valence-corrected chi connectivity index (χ0v) is 16.9. The fourth-order valence-corrected chi connectivity index (χ4v) is 4.97. The number of nitrogens with one attached hydrogen (secondary N) is 1. The summed E-state index contributed by atoms with van der Waals surface area (Å²) in [6.45, 7) is 2.56. The van der Waals surface area contributed by atoms with Crippen molar-refractivity contribution in [3.05, 3.63) is 39.9 Å². The molecule has 29 heavy (non-hydrogen) atoms. The van der Waals surface area contributed by atoms with Crippen molar-refractivity contribution in [1.29, 1.82) is 5.26 Å². The first-order chi connectivity index (χ1) is 13.9. The summed E-state index contributed by atoms with van der Waals surface area (Å²) >= 11 is 1.52. The average molecular weight is 417 g/mol. The predicted molar refractivity (Wildman–Crippen MR) is 107 cm³/mol. The molecule has 0 radical (unpaired) electrons. The molecule has 6 nitrogen and oxygen atoms in total. The van der Waals surface area contributed by atoms with Crippen molar-refractivity contribution in [3.63, 3.8) is 0 Å². The zero-order chi connectivity index (χ0) is 20.5. The molecule has 152 valence electrons. The van der Waals surface area contributed by atoms with Gasteiger partial charge in [0.1, 0.15) is 5.69 Å². The lowest BCUT2D eigenvalue weighted by Crippen LogP contribution is -2.39. The van der Waals surface area contributed by atoms with Crippen LogP contribution < -0.4 is 10.2 Å². The Kier molecular flexibility index (Phi) is 5.48. The van der Waals surface area contributed by atoms with Crippen molar-refractivity contribution >= 4 is 28.1 Å². The number of amides is 1. The van der Waals surface area contributed by atoms with E-state index in [0.717, 1.165) is 37.3 Å². The molecule has 2 aliphatic heterocycles. The molecule has 0 spiro atoms. The van der Waals surface area contributed by atoms with Crippen LogP contribution >= 0.6 is 11.3 Å².